The first-order chi connectivity index (χ1) is 10.1. The van der Waals surface area contributed by atoms with Crippen LogP contribution in [0.1, 0.15) is 28.4 Å². The van der Waals surface area contributed by atoms with Gasteiger partial charge in [-0.25, -0.2) is 4.39 Å². The number of carbonyl (C=O) groups excluding carboxylic acids is 1. The highest BCUT2D eigenvalue weighted by Gasteiger charge is 2.20. The van der Waals surface area contributed by atoms with E-state index in [1.54, 1.807) is 11.9 Å². The summed E-state index contributed by atoms with van der Waals surface area (Å²) in [4.78, 5) is 13.9. The number of benzene rings is 1. The van der Waals surface area contributed by atoms with E-state index in [0.717, 1.165) is 31.0 Å². The van der Waals surface area contributed by atoms with Gasteiger partial charge in [-0.05, 0) is 40.5 Å². The van der Waals surface area contributed by atoms with Gasteiger partial charge in [0.2, 0.25) is 0 Å². The van der Waals surface area contributed by atoms with Gasteiger partial charge in [-0.1, -0.05) is 0 Å². The van der Waals surface area contributed by atoms with Crippen LogP contribution < -0.4 is 0 Å². The lowest BCUT2D eigenvalue weighted by Gasteiger charge is -2.17. The topological polar surface area (TPSA) is 51.0 Å². The summed E-state index contributed by atoms with van der Waals surface area (Å²) < 4.78 is 15.6. The van der Waals surface area contributed by atoms with Crippen LogP contribution in [0.3, 0.4) is 0 Å². The Bertz CT molecular complexity index is 700. The molecule has 2 aromatic rings. The van der Waals surface area contributed by atoms with Crippen LogP contribution in [0.25, 0.3) is 0 Å². The molecule has 0 unspecified atom stereocenters. The quantitative estimate of drug-likeness (QED) is 0.852. The molecule has 0 N–H and O–H groups in total. The summed E-state index contributed by atoms with van der Waals surface area (Å²) in [7, 11) is 1.70. The number of amides is 1. The first-order valence-electron chi connectivity index (χ1n) is 6.67. The Morgan fingerprint density at radius 1 is 1.48 bits per heavy atom. The number of fused-ring (bicyclic) bond motifs is 1. The lowest BCUT2D eigenvalue weighted by molar-refractivity contribution is 0.0780. The van der Waals surface area contributed by atoms with Gasteiger partial charge in [-0.15, -0.1) is 10.2 Å². The third kappa shape index (κ3) is 2.70. The van der Waals surface area contributed by atoms with Gasteiger partial charge >= 0.3 is 0 Å². The van der Waals surface area contributed by atoms with Gasteiger partial charge in [0.05, 0.1) is 11.0 Å². The van der Waals surface area contributed by atoms with E-state index in [2.05, 4.69) is 30.7 Å². The molecule has 1 aliphatic rings. The van der Waals surface area contributed by atoms with Crippen molar-refractivity contribution in [2.45, 2.75) is 25.9 Å². The van der Waals surface area contributed by atoms with Crippen molar-refractivity contribution in [2.24, 2.45) is 0 Å². The van der Waals surface area contributed by atoms with E-state index in [1.807, 2.05) is 0 Å². The maximum Gasteiger partial charge on any atom is 0.254 e. The molecule has 0 atom stereocenters. The molecule has 2 heterocycles. The minimum absolute atomic E-state index is 0.175. The summed E-state index contributed by atoms with van der Waals surface area (Å²) in [6, 6.07) is 4.25. The van der Waals surface area contributed by atoms with Gasteiger partial charge in [0.15, 0.2) is 5.82 Å². The molecule has 3 rings (SSSR count). The summed E-state index contributed by atoms with van der Waals surface area (Å²) in [5.41, 5.74) is 0.437. The van der Waals surface area contributed by atoms with Crippen molar-refractivity contribution in [1.29, 1.82) is 0 Å². The van der Waals surface area contributed by atoms with Crippen LogP contribution in [0.5, 0.6) is 0 Å². The molecule has 1 aromatic carbocycles. The molecular weight excluding hydrogens is 339 g/mol. The number of carbonyl (C=O) groups is 1. The van der Waals surface area contributed by atoms with Crippen LogP contribution in [0.15, 0.2) is 22.7 Å². The smallest absolute Gasteiger partial charge is 0.254 e. The highest BCUT2D eigenvalue weighted by molar-refractivity contribution is 9.10. The maximum absolute atomic E-state index is 13.2. The zero-order valence-corrected chi connectivity index (χ0v) is 13.1. The first kappa shape index (κ1) is 14.2. The number of rotatable bonds is 3. The van der Waals surface area contributed by atoms with Gasteiger partial charge in [-0.2, -0.15) is 0 Å². The zero-order valence-electron chi connectivity index (χ0n) is 11.5. The van der Waals surface area contributed by atoms with E-state index in [0.29, 0.717) is 12.1 Å². The van der Waals surface area contributed by atoms with Crippen molar-refractivity contribution < 1.29 is 9.18 Å². The number of aromatic nitrogens is 3. The molecular formula is C14H14BrFN4O. The lowest BCUT2D eigenvalue weighted by atomic mass is 10.2. The molecule has 0 saturated carbocycles. The molecule has 7 heteroatoms. The zero-order chi connectivity index (χ0) is 15.0. The summed E-state index contributed by atoms with van der Waals surface area (Å²) in [5.74, 6) is 1.21. The van der Waals surface area contributed by atoms with Crippen LogP contribution in [0, 0.1) is 5.82 Å². The van der Waals surface area contributed by atoms with Crippen LogP contribution in [0.2, 0.25) is 0 Å². The molecule has 21 heavy (non-hydrogen) atoms. The van der Waals surface area contributed by atoms with E-state index in [-0.39, 0.29) is 16.2 Å². The minimum Gasteiger partial charge on any atom is -0.334 e. The Labute approximate surface area is 129 Å². The molecule has 0 saturated heterocycles. The number of halogens is 2. The Hall–Kier alpha value is -1.76. The van der Waals surface area contributed by atoms with Crippen LogP contribution in [-0.2, 0) is 19.5 Å². The predicted octanol–water partition coefficient (Wildman–Crippen LogP) is 2.40. The molecule has 0 fully saturated rings. The van der Waals surface area contributed by atoms with Crippen molar-refractivity contribution in [3.63, 3.8) is 0 Å². The molecule has 0 bridgehead atoms. The number of nitrogens with zero attached hydrogens (tertiary/aromatic N) is 4. The average molecular weight is 353 g/mol. The van der Waals surface area contributed by atoms with Gasteiger partial charge < -0.3 is 9.47 Å². The number of hydrogen-bond acceptors (Lipinski definition) is 3. The summed E-state index contributed by atoms with van der Waals surface area (Å²) in [6.45, 7) is 1.29. The largest absolute Gasteiger partial charge is 0.334 e. The first-order valence-corrected chi connectivity index (χ1v) is 7.47. The Kier molecular flexibility index (Phi) is 3.75. The van der Waals surface area contributed by atoms with E-state index < -0.39 is 0 Å². The number of hydrogen-bond donors (Lipinski definition) is 0. The van der Waals surface area contributed by atoms with E-state index in [4.69, 9.17) is 0 Å². The van der Waals surface area contributed by atoms with Crippen molar-refractivity contribution in [2.75, 3.05) is 7.05 Å². The molecule has 110 valence electrons. The SMILES string of the molecule is CN(Cc1nnc2n1CCC2)C(=O)c1ccc(F)c(Br)c1. The fourth-order valence-corrected chi connectivity index (χ4v) is 2.84. The lowest BCUT2D eigenvalue weighted by Crippen LogP contribution is -2.27. The Balaban J connectivity index is 1.76. The summed E-state index contributed by atoms with van der Waals surface area (Å²) in [6.07, 6.45) is 2.01. The normalized spacial score (nSPS) is 13.3. The third-order valence-electron chi connectivity index (χ3n) is 3.58. The predicted molar refractivity (Wildman–Crippen MR) is 78.2 cm³/mol. The number of aryl methyl sites for hydroxylation is 1. The second-order valence-corrected chi connectivity index (χ2v) is 5.93. The Morgan fingerprint density at radius 2 is 2.29 bits per heavy atom. The highest BCUT2D eigenvalue weighted by Crippen LogP contribution is 2.19. The second kappa shape index (κ2) is 5.55. The summed E-state index contributed by atoms with van der Waals surface area (Å²) >= 11 is 3.09. The standard InChI is InChI=1S/C14H14BrFN4O/c1-19(8-13-18-17-12-3-2-6-20(12)13)14(21)9-4-5-11(16)10(15)7-9/h4-5,7H,2-3,6,8H2,1H3. The van der Waals surface area contributed by atoms with Gasteiger partial charge in [-0.3, -0.25) is 4.79 Å². The molecule has 0 radical (unpaired) electrons. The minimum atomic E-state index is -0.385. The van der Waals surface area contributed by atoms with Crippen LogP contribution in [0.4, 0.5) is 4.39 Å². The molecule has 1 amide bonds. The molecule has 0 spiro atoms. The van der Waals surface area contributed by atoms with E-state index in [1.165, 1.54) is 18.2 Å². The van der Waals surface area contributed by atoms with Crippen LogP contribution >= 0.6 is 15.9 Å². The molecule has 5 nitrogen and oxygen atoms in total. The Morgan fingerprint density at radius 3 is 3.05 bits per heavy atom. The third-order valence-corrected chi connectivity index (χ3v) is 4.19. The van der Waals surface area contributed by atoms with Crippen LogP contribution in [-0.4, -0.2) is 32.6 Å². The fourth-order valence-electron chi connectivity index (χ4n) is 2.46. The maximum atomic E-state index is 13.2. The van der Waals surface area contributed by atoms with E-state index >= 15 is 0 Å². The molecule has 1 aromatic heterocycles. The average Bonchev–Trinajstić information content (AvgIpc) is 3.06. The fraction of sp³-hybridized carbons (Fsp3) is 0.357. The van der Waals surface area contributed by atoms with Crippen molar-refractivity contribution in [3.05, 3.63) is 45.7 Å². The summed E-state index contributed by atoms with van der Waals surface area (Å²) in [5, 5.41) is 8.26. The van der Waals surface area contributed by atoms with Gasteiger partial charge in [0, 0.05) is 25.6 Å². The van der Waals surface area contributed by atoms with Crippen molar-refractivity contribution in [3.8, 4) is 0 Å². The monoisotopic (exact) mass is 352 g/mol. The van der Waals surface area contributed by atoms with Gasteiger partial charge in [0.1, 0.15) is 11.6 Å². The molecule has 0 aliphatic carbocycles. The van der Waals surface area contributed by atoms with Crippen molar-refractivity contribution in [1.82, 2.24) is 19.7 Å². The van der Waals surface area contributed by atoms with Gasteiger partial charge in [0.25, 0.3) is 5.91 Å². The second-order valence-electron chi connectivity index (χ2n) is 5.08. The molecule has 1 aliphatic heterocycles. The van der Waals surface area contributed by atoms with Crippen molar-refractivity contribution >= 4 is 21.8 Å². The highest BCUT2D eigenvalue weighted by atomic mass is 79.9. The van der Waals surface area contributed by atoms with E-state index in [9.17, 15) is 9.18 Å².